The third-order valence-corrected chi connectivity index (χ3v) is 3.90. The maximum atomic E-state index is 12.8. The Morgan fingerprint density at radius 1 is 0.852 bits per heavy atom. The lowest BCUT2D eigenvalue weighted by Crippen LogP contribution is -2.34. The zero-order valence-electron chi connectivity index (χ0n) is 14.7. The van der Waals surface area contributed by atoms with Crippen molar-refractivity contribution < 1.29 is 14.3 Å². The molecule has 0 N–H and O–H groups in total. The largest absolute Gasteiger partial charge is 0.460 e. The molecule has 6 nitrogen and oxygen atoms in total. The van der Waals surface area contributed by atoms with E-state index in [1.807, 2.05) is 30.3 Å². The van der Waals surface area contributed by atoms with Gasteiger partial charge in [0, 0.05) is 31.3 Å². The topological polar surface area (TPSA) is 72.4 Å². The molecular formula is C21H19N3O3. The lowest BCUT2D eigenvalue weighted by atomic mass is 10.2. The zero-order chi connectivity index (χ0) is 18.9. The van der Waals surface area contributed by atoms with E-state index >= 15 is 0 Å². The van der Waals surface area contributed by atoms with Crippen molar-refractivity contribution >= 4 is 11.9 Å². The number of carbonyl (C=O) groups is 2. The molecule has 27 heavy (non-hydrogen) atoms. The summed E-state index contributed by atoms with van der Waals surface area (Å²) < 4.78 is 5.29. The molecule has 0 aliphatic carbocycles. The molecule has 136 valence electrons. The van der Waals surface area contributed by atoms with Crippen molar-refractivity contribution in [3.8, 4) is 0 Å². The highest BCUT2D eigenvalue weighted by Gasteiger charge is 2.17. The lowest BCUT2D eigenvalue weighted by molar-refractivity contribution is 0.0429. The summed E-state index contributed by atoms with van der Waals surface area (Å²) in [6, 6.07) is 16.4. The molecule has 1 amide bonds. The molecule has 0 aliphatic rings. The third kappa shape index (κ3) is 5.22. The van der Waals surface area contributed by atoms with Crippen LogP contribution >= 0.6 is 0 Å². The predicted octanol–water partition coefficient (Wildman–Crippen LogP) is 2.98. The van der Waals surface area contributed by atoms with Gasteiger partial charge in [0.05, 0.1) is 17.7 Å². The number of rotatable bonds is 7. The summed E-state index contributed by atoms with van der Waals surface area (Å²) >= 11 is 0. The van der Waals surface area contributed by atoms with Crippen LogP contribution in [0.25, 0.3) is 0 Å². The second-order valence-corrected chi connectivity index (χ2v) is 5.83. The van der Waals surface area contributed by atoms with E-state index in [0.717, 1.165) is 5.56 Å². The minimum atomic E-state index is -0.461. The van der Waals surface area contributed by atoms with Crippen LogP contribution in [0, 0.1) is 0 Å². The number of pyridine rings is 2. The molecule has 2 heterocycles. The van der Waals surface area contributed by atoms with Gasteiger partial charge in [-0.2, -0.15) is 0 Å². The van der Waals surface area contributed by atoms with Crippen LogP contribution in [0.4, 0.5) is 0 Å². The number of hydrogen-bond acceptors (Lipinski definition) is 5. The van der Waals surface area contributed by atoms with Gasteiger partial charge in [-0.05, 0) is 29.8 Å². The molecule has 3 aromatic rings. The Bertz CT molecular complexity index is 871. The summed E-state index contributed by atoms with van der Waals surface area (Å²) in [4.78, 5) is 34.4. The van der Waals surface area contributed by atoms with Crippen molar-refractivity contribution in [3.63, 3.8) is 0 Å². The molecular weight excluding hydrogens is 342 g/mol. The highest BCUT2D eigenvalue weighted by atomic mass is 16.5. The third-order valence-electron chi connectivity index (χ3n) is 3.90. The Labute approximate surface area is 157 Å². The molecule has 2 aromatic heterocycles. The first-order valence-corrected chi connectivity index (χ1v) is 8.54. The van der Waals surface area contributed by atoms with Gasteiger partial charge < -0.3 is 9.64 Å². The highest BCUT2D eigenvalue weighted by molar-refractivity contribution is 5.94. The van der Waals surface area contributed by atoms with Gasteiger partial charge in [-0.1, -0.05) is 30.3 Å². The predicted molar refractivity (Wildman–Crippen MR) is 99.9 cm³/mol. The summed E-state index contributed by atoms with van der Waals surface area (Å²) in [5.74, 6) is -0.624. The zero-order valence-corrected chi connectivity index (χ0v) is 14.7. The van der Waals surface area contributed by atoms with Crippen molar-refractivity contribution in [3.05, 3.63) is 96.1 Å². The van der Waals surface area contributed by atoms with Crippen LogP contribution in [-0.4, -0.2) is 39.9 Å². The van der Waals surface area contributed by atoms with Gasteiger partial charge >= 0.3 is 5.97 Å². The molecule has 0 saturated heterocycles. The molecule has 0 saturated carbocycles. The highest BCUT2D eigenvalue weighted by Crippen LogP contribution is 2.10. The Balaban J connectivity index is 1.66. The number of ether oxygens (including phenoxy) is 1. The van der Waals surface area contributed by atoms with E-state index < -0.39 is 5.97 Å². The van der Waals surface area contributed by atoms with Gasteiger partial charge in [-0.3, -0.25) is 14.8 Å². The van der Waals surface area contributed by atoms with Crippen LogP contribution in [0.1, 0.15) is 26.3 Å². The SMILES string of the molecule is O=C(OCCN(Cc1ccccc1)C(=O)c1cccnc1)c1cccnc1. The van der Waals surface area contributed by atoms with Crippen molar-refractivity contribution in [1.29, 1.82) is 0 Å². The van der Waals surface area contributed by atoms with Crippen molar-refractivity contribution in [2.24, 2.45) is 0 Å². The number of esters is 1. The number of amides is 1. The number of benzene rings is 1. The van der Waals surface area contributed by atoms with Gasteiger partial charge in [0.15, 0.2) is 0 Å². The Morgan fingerprint density at radius 3 is 2.15 bits per heavy atom. The molecule has 0 aliphatic heterocycles. The molecule has 0 bridgehead atoms. The summed E-state index contributed by atoms with van der Waals surface area (Å²) in [6.45, 7) is 0.778. The van der Waals surface area contributed by atoms with Crippen LogP contribution in [-0.2, 0) is 11.3 Å². The van der Waals surface area contributed by atoms with Crippen LogP contribution < -0.4 is 0 Å². The van der Waals surface area contributed by atoms with E-state index in [2.05, 4.69) is 9.97 Å². The maximum absolute atomic E-state index is 12.8. The second kappa shape index (κ2) is 9.24. The summed E-state index contributed by atoms with van der Waals surface area (Å²) in [7, 11) is 0. The van der Waals surface area contributed by atoms with E-state index in [4.69, 9.17) is 4.74 Å². The van der Waals surface area contributed by atoms with E-state index in [1.165, 1.54) is 12.4 Å². The number of nitrogens with zero attached hydrogens (tertiary/aromatic N) is 3. The van der Waals surface area contributed by atoms with Crippen LogP contribution in [0.3, 0.4) is 0 Å². The maximum Gasteiger partial charge on any atom is 0.339 e. The minimum Gasteiger partial charge on any atom is -0.460 e. The average Bonchev–Trinajstić information content (AvgIpc) is 2.74. The summed E-state index contributed by atoms with van der Waals surface area (Å²) in [5, 5.41) is 0. The smallest absolute Gasteiger partial charge is 0.339 e. The first kappa shape index (κ1) is 18.3. The fourth-order valence-electron chi connectivity index (χ4n) is 2.54. The molecule has 6 heteroatoms. The fraction of sp³-hybridized carbons (Fsp3) is 0.143. The van der Waals surface area contributed by atoms with Gasteiger partial charge in [-0.15, -0.1) is 0 Å². The van der Waals surface area contributed by atoms with Crippen molar-refractivity contribution in [1.82, 2.24) is 14.9 Å². The van der Waals surface area contributed by atoms with Gasteiger partial charge in [0.1, 0.15) is 6.61 Å². The van der Waals surface area contributed by atoms with E-state index in [1.54, 1.807) is 41.6 Å². The van der Waals surface area contributed by atoms with Crippen molar-refractivity contribution in [2.45, 2.75) is 6.54 Å². The number of hydrogen-bond donors (Lipinski definition) is 0. The van der Waals surface area contributed by atoms with Crippen LogP contribution in [0.2, 0.25) is 0 Å². The Hall–Kier alpha value is -3.54. The van der Waals surface area contributed by atoms with Gasteiger partial charge in [0.25, 0.3) is 5.91 Å². The average molecular weight is 361 g/mol. The van der Waals surface area contributed by atoms with E-state index in [-0.39, 0.29) is 19.1 Å². The summed E-state index contributed by atoms with van der Waals surface area (Å²) in [6.07, 6.45) is 6.19. The molecule has 0 fully saturated rings. The van der Waals surface area contributed by atoms with Crippen molar-refractivity contribution in [2.75, 3.05) is 13.2 Å². The normalized spacial score (nSPS) is 10.2. The second-order valence-electron chi connectivity index (χ2n) is 5.83. The van der Waals surface area contributed by atoms with Gasteiger partial charge in [-0.25, -0.2) is 4.79 Å². The lowest BCUT2D eigenvalue weighted by Gasteiger charge is -2.22. The van der Waals surface area contributed by atoms with Crippen LogP contribution in [0.15, 0.2) is 79.4 Å². The minimum absolute atomic E-state index is 0.0898. The molecule has 0 unspecified atom stereocenters. The molecule has 0 atom stereocenters. The Kier molecular flexibility index (Phi) is 6.25. The molecule has 3 rings (SSSR count). The first-order chi connectivity index (χ1) is 13.2. The monoisotopic (exact) mass is 361 g/mol. The fourth-order valence-corrected chi connectivity index (χ4v) is 2.54. The number of aromatic nitrogens is 2. The standard InChI is InChI=1S/C21H19N3O3/c25-20(18-8-4-10-22-14-18)24(16-17-6-2-1-3-7-17)12-13-27-21(26)19-9-5-11-23-15-19/h1-11,14-15H,12-13,16H2. The molecule has 0 spiro atoms. The number of carbonyl (C=O) groups excluding carboxylic acids is 2. The van der Waals surface area contributed by atoms with E-state index in [9.17, 15) is 9.59 Å². The van der Waals surface area contributed by atoms with Gasteiger partial charge in [0.2, 0.25) is 0 Å². The first-order valence-electron chi connectivity index (χ1n) is 8.54. The van der Waals surface area contributed by atoms with E-state index in [0.29, 0.717) is 17.7 Å². The molecule has 0 radical (unpaired) electrons. The molecule has 1 aromatic carbocycles. The Morgan fingerprint density at radius 2 is 1.52 bits per heavy atom. The van der Waals surface area contributed by atoms with Crippen LogP contribution in [0.5, 0.6) is 0 Å². The summed E-state index contributed by atoms with van der Waals surface area (Å²) in [5.41, 5.74) is 1.87. The quantitative estimate of drug-likeness (QED) is 0.605.